The topological polar surface area (TPSA) is 70.7 Å². The first-order valence-corrected chi connectivity index (χ1v) is 7.94. The highest BCUT2D eigenvalue weighted by atomic mass is 32.2. The third-order valence-electron chi connectivity index (χ3n) is 3.15. The van der Waals surface area contributed by atoms with Gasteiger partial charge in [0.25, 0.3) is 10.2 Å². The predicted octanol–water partition coefficient (Wildman–Crippen LogP) is -0.211. The van der Waals surface area contributed by atoms with Crippen molar-refractivity contribution in [3.63, 3.8) is 0 Å². The number of nitrogens with one attached hydrogen (secondary N) is 2. The summed E-state index contributed by atoms with van der Waals surface area (Å²) in [5, 5.41) is 3.10. The van der Waals surface area contributed by atoms with Gasteiger partial charge in [0.1, 0.15) is 0 Å². The SMILES string of the molecule is COCCNCCNS(=O)(=O)N1CCC(C)CC1. The fourth-order valence-corrected chi connectivity index (χ4v) is 3.12. The van der Waals surface area contributed by atoms with Gasteiger partial charge in [-0.2, -0.15) is 12.7 Å². The first-order valence-electron chi connectivity index (χ1n) is 6.50. The molecular weight excluding hydrogens is 254 g/mol. The van der Waals surface area contributed by atoms with Crippen molar-refractivity contribution in [3.05, 3.63) is 0 Å². The smallest absolute Gasteiger partial charge is 0.279 e. The van der Waals surface area contributed by atoms with Gasteiger partial charge in [0.05, 0.1) is 6.61 Å². The van der Waals surface area contributed by atoms with Crippen LogP contribution in [0.1, 0.15) is 19.8 Å². The molecule has 1 heterocycles. The molecule has 108 valence electrons. The van der Waals surface area contributed by atoms with E-state index >= 15 is 0 Å². The van der Waals surface area contributed by atoms with Gasteiger partial charge in [-0.15, -0.1) is 0 Å². The van der Waals surface area contributed by atoms with E-state index in [1.807, 2.05) is 0 Å². The van der Waals surface area contributed by atoms with Crippen molar-refractivity contribution in [3.8, 4) is 0 Å². The molecule has 0 aliphatic carbocycles. The molecule has 6 nitrogen and oxygen atoms in total. The lowest BCUT2D eigenvalue weighted by Crippen LogP contribution is -2.46. The van der Waals surface area contributed by atoms with Crippen molar-refractivity contribution in [1.82, 2.24) is 14.3 Å². The summed E-state index contributed by atoms with van der Waals surface area (Å²) in [6, 6.07) is 0. The second kappa shape index (κ2) is 8.06. The average Bonchev–Trinajstić information content (AvgIpc) is 2.34. The largest absolute Gasteiger partial charge is 0.383 e. The van der Waals surface area contributed by atoms with Gasteiger partial charge < -0.3 is 10.1 Å². The summed E-state index contributed by atoms with van der Waals surface area (Å²) in [4.78, 5) is 0. The van der Waals surface area contributed by atoms with Crippen LogP contribution in [0.2, 0.25) is 0 Å². The van der Waals surface area contributed by atoms with Crippen molar-refractivity contribution in [2.75, 3.05) is 46.4 Å². The number of hydrogen-bond acceptors (Lipinski definition) is 4. The number of ether oxygens (including phenoxy) is 1. The minimum Gasteiger partial charge on any atom is -0.383 e. The van der Waals surface area contributed by atoms with E-state index in [1.54, 1.807) is 11.4 Å². The number of methoxy groups -OCH3 is 1. The molecule has 0 bridgehead atoms. The maximum Gasteiger partial charge on any atom is 0.279 e. The van der Waals surface area contributed by atoms with E-state index in [0.717, 1.165) is 19.4 Å². The van der Waals surface area contributed by atoms with Crippen LogP contribution in [0, 0.1) is 5.92 Å². The Labute approximate surface area is 110 Å². The van der Waals surface area contributed by atoms with Crippen LogP contribution < -0.4 is 10.0 Å². The third-order valence-corrected chi connectivity index (χ3v) is 4.77. The molecule has 0 atom stereocenters. The fraction of sp³-hybridized carbons (Fsp3) is 1.00. The summed E-state index contributed by atoms with van der Waals surface area (Å²) in [5.74, 6) is 0.632. The minimum atomic E-state index is -3.29. The molecule has 0 amide bonds. The van der Waals surface area contributed by atoms with Crippen molar-refractivity contribution < 1.29 is 13.2 Å². The molecule has 0 saturated carbocycles. The van der Waals surface area contributed by atoms with E-state index in [1.165, 1.54) is 0 Å². The summed E-state index contributed by atoms with van der Waals surface area (Å²) in [7, 11) is -1.65. The molecule has 7 heteroatoms. The standard InChI is InChI=1S/C11H25N3O3S/c1-11-3-8-14(9-4-11)18(15,16)13-6-5-12-7-10-17-2/h11-13H,3-10H2,1-2H3. The van der Waals surface area contributed by atoms with Crippen molar-refractivity contribution in [2.45, 2.75) is 19.8 Å². The summed E-state index contributed by atoms with van der Waals surface area (Å²) >= 11 is 0. The maximum absolute atomic E-state index is 11.9. The van der Waals surface area contributed by atoms with E-state index in [9.17, 15) is 8.42 Å². The monoisotopic (exact) mass is 279 g/mol. The molecular formula is C11H25N3O3S. The van der Waals surface area contributed by atoms with E-state index in [2.05, 4.69) is 17.0 Å². The van der Waals surface area contributed by atoms with Crippen LogP contribution in [0.25, 0.3) is 0 Å². The Bertz CT molecular complexity index is 313. The predicted molar refractivity (Wildman–Crippen MR) is 71.6 cm³/mol. The summed E-state index contributed by atoms with van der Waals surface area (Å²) in [5.41, 5.74) is 0. The second-order valence-corrected chi connectivity index (χ2v) is 6.48. The molecule has 0 radical (unpaired) electrons. The van der Waals surface area contributed by atoms with E-state index in [-0.39, 0.29) is 0 Å². The van der Waals surface area contributed by atoms with E-state index < -0.39 is 10.2 Å². The second-order valence-electron chi connectivity index (χ2n) is 4.72. The molecule has 1 aliphatic rings. The van der Waals surface area contributed by atoms with Crippen LogP contribution >= 0.6 is 0 Å². The summed E-state index contributed by atoms with van der Waals surface area (Å²) in [6.45, 7) is 5.83. The number of piperidine rings is 1. The van der Waals surface area contributed by atoms with E-state index in [4.69, 9.17) is 4.74 Å². The first-order chi connectivity index (χ1) is 8.56. The fourth-order valence-electron chi connectivity index (χ4n) is 1.88. The zero-order valence-corrected chi connectivity index (χ0v) is 12.1. The molecule has 1 rings (SSSR count). The van der Waals surface area contributed by atoms with Crippen LogP contribution in [0.4, 0.5) is 0 Å². The molecule has 0 unspecified atom stereocenters. The zero-order valence-electron chi connectivity index (χ0n) is 11.3. The van der Waals surface area contributed by atoms with Crippen molar-refractivity contribution in [2.24, 2.45) is 5.92 Å². The Morgan fingerprint density at radius 1 is 1.22 bits per heavy atom. The minimum absolute atomic E-state index is 0.415. The highest BCUT2D eigenvalue weighted by Crippen LogP contribution is 2.17. The number of nitrogens with zero attached hydrogens (tertiary/aromatic N) is 1. The van der Waals surface area contributed by atoms with Crippen LogP contribution in [0.15, 0.2) is 0 Å². The lowest BCUT2D eigenvalue weighted by atomic mass is 10.0. The number of hydrogen-bond donors (Lipinski definition) is 2. The Kier molecular flexibility index (Phi) is 7.10. The van der Waals surface area contributed by atoms with Gasteiger partial charge in [0, 0.05) is 39.8 Å². The summed E-state index contributed by atoms with van der Waals surface area (Å²) in [6.07, 6.45) is 1.90. The van der Waals surface area contributed by atoms with Crippen molar-refractivity contribution >= 4 is 10.2 Å². The first kappa shape index (κ1) is 15.8. The maximum atomic E-state index is 11.9. The van der Waals surface area contributed by atoms with Crippen LogP contribution in [0.3, 0.4) is 0 Å². The third kappa shape index (κ3) is 5.62. The van der Waals surface area contributed by atoms with Crippen LogP contribution in [-0.2, 0) is 14.9 Å². The van der Waals surface area contributed by atoms with Gasteiger partial charge in [-0.05, 0) is 18.8 Å². The molecule has 1 aliphatic heterocycles. The Hall–Kier alpha value is -0.210. The molecule has 0 aromatic carbocycles. The van der Waals surface area contributed by atoms with Gasteiger partial charge in [-0.3, -0.25) is 0 Å². The lowest BCUT2D eigenvalue weighted by Gasteiger charge is -2.29. The van der Waals surface area contributed by atoms with Crippen molar-refractivity contribution in [1.29, 1.82) is 0 Å². The normalized spacial score (nSPS) is 19.2. The van der Waals surface area contributed by atoms with Crippen LogP contribution in [0.5, 0.6) is 0 Å². The lowest BCUT2D eigenvalue weighted by molar-refractivity contribution is 0.199. The highest BCUT2D eigenvalue weighted by molar-refractivity contribution is 7.87. The van der Waals surface area contributed by atoms with E-state index in [0.29, 0.717) is 38.7 Å². The van der Waals surface area contributed by atoms with Gasteiger partial charge >= 0.3 is 0 Å². The quantitative estimate of drug-likeness (QED) is 0.603. The molecule has 0 aromatic rings. The average molecular weight is 279 g/mol. The van der Waals surface area contributed by atoms with Gasteiger partial charge in [-0.1, -0.05) is 6.92 Å². The Morgan fingerprint density at radius 3 is 2.50 bits per heavy atom. The molecule has 1 fully saturated rings. The zero-order chi connectivity index (χ0) is 13.4. The molecule has 18 heavy (non-hydrogen) atoms. The Balaban J connectivity index is 2.19. The molecule has 2 N–H and O–H groups in total. The Morgan fingerprint density at radius 2 is 1.89 bits per heavy atom. The number of rotatable bonds is 8. The summed E-state index contributed by atoms with van der Waals surface area (Å²) < 4.78 is 32.9. The highest BCUT2D eigenvalue weighted by Gasteiger charge is 2.25. The molecule has 0 spiro atoms. The molecule has 1 saturated heterocycles. The van der Waals surface area contributed by atoms with Gasteiger partial charge in [0.2, 0.25) is 0 Å². The van der Waals surface area contributed by atoms with Gasteiger partial charge in [-0.25, -0.2) is 4.72 Å². The molecule has 0 aromatic heterocycles. The van der Waals surface area contributed by atoms with Gasteiger partial charge in [0.15, 0.2) is 0 Å². The van der Waals surface area contributed by atoms with Crippen LogP contribution in [-0.4, -0.2) is 59.2 Å².